The van der Waals surface area contributed by atoms with E-state index in [1.807, 2.05) is 47.4 Å². The predicted octanol–water partition coefficient (Wildman–Crippen LogP) is 3.51. The summed E-state index contributed by atoms with van der Waals surface area (Å²) in [6.07, 6.45) is 1.94. The van der Waals surface area contributed by atoms with E-state index in [1.54, 1.807) is 6.07 Å². The van der Waals surface area contributed by atoms with Crippen molar-refractivity contribution in [3.63, 3.8) is 0 Å². The van der Waals surface area contributed by atoms with Gasteiger partial charge in [0.05, 0.1) is 12.2 Å². The van der Waals surface area contributed by atoms with Crippen LogP contribution in [0.2, 0.25) is 0 Å². The van der Waals surface area contributed by atoms with Gasteiger partial charge in [0.25, 0.3) is 0 Å². The summed E-state index contributed by atoms with van der Waals surface area (Å²) in [6.45, 7) is 1.33. The van der Waals surface area contributed by atoms with E-state index in [2.05, 4.69) is 4.99 Å². The van der Waals surface area contributed by atoms with Gasteiger partial charge in [-0.05, 0) is 55.8 Å². The lowest BCUT2D eigenvalue weighted by Gasteiger charge is -2.22. The van der Waals surface area contributed by atoms with E-state index in [4.69, 9.17) is 27.2 Å². The normalized spacial score (nSPS) is 17.8. The number of likely N-dealkylation sites (tertiary alicyclic amines) is 1. The number of rotatable bonds is 7. The zero-order valence-corrected chi connectivity index (χ0v) is 15.6. The Bertz CT molecular complexity index is 823. The fraction of sp³-hybridized carbons (Fsp3) is 0.300. The van der Waals surface area contributed by atoms with Gasteiger partial charge >= 0.3 is 5.97 Å². The molecule has 1 heterocycles. The Kier molecular flexibility index (Phi) is 6.32. The fourth-order valence-corrected chi connectivity index (χ4v) is 3.40. The van der Waals surface area contributed by atoms with Crippen LogP contribution in [0.4, 0.5) is 11.4 Å². The Morgan fingerprint density at radius 3 is 2.70 bits per heavy atom. The molecule has 0 saturated carbocycles. The molecule has 0 aliphatic carbocycles. The van der Waals surface area contributed by atoms with Crippen molar-refractivity contribution >= 4 is 34.1 Å². The minimum atomic E-state index is -0.806. The summed E-state index contributed by atoms with van der Waals surface area (Å²) in [4.78, 5) is 17.2. The lowest BCUT2D eigenvalue weighted by Crippen LogP contribution is -2.37. The molecule has 142 valence electrons. The smallest absolute Gasteiger partial charge is 0.317 e. The van der Waals surface area contributed by atoms with Crippen LogP contribution in [0.25, 0.3) is 0 Å². The number of carboxylic acids is 1. The molecular weight excluding hydrogens is 366 g/mol. The molecule has 1 saturated heterocycles. The molecule has 1 aliphatic heterocycles. The topological polar surface area (TPSA) is 88.2 Å². The van der Waals surface area contributed by atoms with Crippen molar-refractivity contribution in [1.29, 1.82) is 0 Å². The zero-order chi connectivity index (χ0) is 19.2. The molecule has 7 heteroatoms. The van der Waals surface area contributed by atoms with Crippen molar-refractivity contribution in [1.82, 2.24) is 4.90 Å². The minimum Gasteiger partial charge on any atom is -0.492 e. The largest absolute Gasteiger partial charge is 0.492 e. The number of anilines is 1. The summed E-state index contributed by atoms with van der Waals surface area (Å²) in [5, 5.41) is 9.30. The fourth-order valence-electron chi connectivity index (χ4n) is 3.13. The number of benzene rings is 2. The van der Waals surface area contributed by atoms with E-state index in [-0.39, 0.29) is 12.6 Å². The Labute approximate surface area is 163 Å². The molecule has 0 radical (unpaired) electrons. The van der Waals surface area contributed by atoms with E-state index in [9.17, 15) is 4.79 Å². The predicted molar refractivity (Wildman–Crippen MR) is 107 cm³/mol. The average Bonchev–Trinajstić information content (AvgIpc) is 3.07. The number of aliphatic carboxylic acids is 1. The first-order chi connectivity index (χ1) is 13.0. The van der Waals surface area contributed by atoms with Crippen molar-refractivity contribution in [2.24, 2.45) is 4.99 Å². The van der Waals surface area contributed by atoms with Gasteiger partial charge in [-0.25, -0.2) is 4.99 Å². The molecule has 6 nitrogen and oxygen atoms in total. The number of hydrogen-bond donors (Lipinski definition) is 2. The number of carboxylic acid groups (broad SMARTS) is 1. The molecule has 0 unspecified atom stereocenters. The van der Waals surface area contributed by atoms with Crippen LogP contribution in [0.5, 0.6) is 5.75 Å². The number of aliphatic imine (C=N–C) groups is 1. The van der Waals surface area contributed by atoms with E-state index >= 15 is 0 Å². The lowest BCUT2D eigenvalue weighted by molar-refractivity contribution is -0.138. The van der Waals surface area contributed by atoms with Crippen molar-refractivity contribution in [2.75, 3.05) is 25.4 Å². The standard InChI is InChI=1S/C20H22ClN3O3/c21-20(17-5-1-2-6-18(17)22)23-14-7-9-16(10-8-14)27-13-15-4-3-11-24(15)12-19(25)26/h1-2,5-10,15H,3-4,11-13,22H2,(H,25,26)/t15-/m0/s1. The van der Waals surface area contributed by atoms with Gasteiger partial charge < -0.3 is 15.6 Å². The number of ether oxygens (including phenoxy) is 1. The molecule has 0 bridgehead atoms. The first-order valence-electron chi connectivity index (χ1n) is 8.80. The molecule has 2 aromatic carbocycles. The van der Waals surface area contributed by atoms with Crippen molar-refractivity contribution in [3.8, 4) is 5.75 Å². The molecule has 1 atom stereocenters. The number of hydrogen-bond acceptors (Lipinski definition) is 5. The van der Waals surface area contributed by atoms with E-state index < -0.39 is 5.97 Å². The maximum atomic E-state index is 10.9. The van der Waals surface area contributed by atoms with E-state index in [0.717, 1.165) is 19.4 Å². The number of nitrogen functional groups attached to an aromatic ring is 1. The van der Waals surface area contributed by atoms with Crippen LogP contribution in [0.1, 0.15) is 18.4 Å². The number of nitrogens with two attached hydrogens (primary N) is 1. The third-order valence-electron chi connectivity index (χ3n) is 4.53. The van der Waals surface area contributed by atoms with Gasteiger partial charge in [-0.2, -0.15) is 0 Å². The maximum Gasteiger partial charge on any atom is 0.317 e. The highest BCUT2D eigenvalue weighted by molar-refractivity contribution is 6.70. The molecule has 3 rings (SSSR count). The Morgan fingerprint density at radius 2 is 2.00 bits per heavy atom. The van der Waals surface area contributed by atoms with Crippen LogP contribution in [0.3, 0.4) is 0 Å². The summed E-state index contributed by atoms with van der Waals surface area (Å²) in [5.41, 5.74) is 7.88. The first kappa shape index (κ1) is 19.2. The molecule has 0 amide bonds. The molecular formula is C20H22ClN3O3. The second-order valence-corrected chi connectivity index (χ2v) is 6.81. The van der Waals surface area contributed by atoms with Gasteiger partial charge in [0.15, 0.2) is 0 Å². The SMILES string of the molecule is Nc1ccccc1C(Cl)=Nc1ccc(OC[C@@H]2CCCN2CC(=O)O)cc1. The van der Waals surface area contributed by atoms with Crippen LogP contribution in [-0.2, 0) is 4.79 Å². The highest BCUT2D eigenvalue weighted by Gasteiger charge is 2.26. The summed E-state index contributed by atoms with van der Waals surface area (Å²) in [5.74, 6) is -0.0912. The molecule has 1 aliphatic rings. The Hall–Kier alpha value is -2.57. The highest BCUT2D eigenvalue weighted by atomic mass is 35.5. The Morgan fingerprint density at radius 1 is 1.26 bits per heavy atom. The zero-order valence-electron chi connectivity index (χ0n) is 14.8. The minimum absolute atomic E-state index is 0.0583. The van der Waals surface area contributed by atoms with Gasteiger partial charge in [0.2, 0.25) is 0 Å². The van der Waals surface area contributed by atoms with Crippen LogP contribution in [-0.4, -0.2) is 46.9 Å². The number of para-hydroxylation sites is 1. The number of nitrogens with zero attached hydrogens (tertiary/aromatic N) is 2. The summed E-state index contributed by atoms with van der Waals surface area (Å²) < 4.78 is 5.83. The molecule has 2 aromatic rings. The summed E-state index contributed by atoms with van der Waals surface area (Å²) >= 11 is 6.28. The molecule has 1 fully saturated rings. The van der Waals surface area contributed by atoms with E-state index in [1.165, 1.54) is 0 Å². The summed E-state index contributed by atoms with van der Waals surface area (Å²) in [7, 11) is 0. The Balaban J connectivity index is 1.60. The third-order valence-corrected chi connectivity index (χ3v) is 4.81. The molecule has 27 heavy (non-hydrogen) atoms. The highest BCUT2D eigenvalue weighted by Crippen LogP contribution is 2.23. The second-order valence-electron chi connectivity index (χ2n) is 6.46. The van der Waals surface area contributed by atoms with Crippen molar-refractivity contribution in [3.05, 3.63) is 54.1 Å². The quantitative estimate of drug-likeness (QED) is 0.560. The van der Waals surface area contributed by atoms with Gasteiger partial charge in [-0.15, -0.1) is 0 Å². The second kappa shape index (κ2) is 8.88. The van der Waals surface area contributed by atoms with Crippen molar-refractivity contribution in [2.45, 2.75) is 18.9 Å². The molecule has 3 N–H and O–H groups in total. The van der Waals surface area contributed by atoms with Gasteiger partial charge in [-0.3, -0.25) is 9.69 Å². The monoisotopic (exact) mass is 387 g/mol. The average molecular weight is 388 g/mol. The van der Waals surface area contributed by atoms with Crippen LogP contribution >= 0.6 is 11.6 Å². The molecule has 0 spiro atoms. The molecule has 0 aromatic heterocycles. The third kappa shape index (κ3) is 5.21. The van der Waals surface area contributed by atoms with Crippen molar-refractivity contribution < 1.29 is 14.6 Å². The lowest BCUT2D eigenvalue weighted by atomic mass is 10.2. The number of halogens is 1. The first-order valence-corrected chi connectivity index (χ1v) is 9.18. The van der Waals surface area contributed by atoms with Crippen LogP contribution < -0.4 is 10.5 Å². The maximum absolute atomic E-state index is 10.9. The van der Waals surface area contributed by atoms with Crippen LogP contribution in [0, 0.1) is 0 Å². The van der Waals surface area contributed by atoms with E-state index in [0.29, 0.717) is 34.5 Å². The summed E-state index contributed by atoms with van der Waals surface area (Å²) in [6, 6.07) is 14.7. The van der Waals surface area contributed by atoms with Gasteiger partial charge in [0, 0.05) is 17.3 Å². The van der Waals surface area contributed by atoms with Gasteiger partial charge in [0.1, 0.15) is 17.5 Å². The van der Waals surface area contributed by atoms with Crippen LogP contribution in [0.15, 0.2) is 53.5 Å². The van der Waals surface area contributed by atoms with Gasteiger partial charge in [-0.1, -0.05) is 23.7 Å². The number of carbonyl (C=O) groups is 1.